The van der Waals surface area contributed by atoms with Gasteiger partial charge in [0.05, 0.1) is 29.1 Å². The molecule has 6 atom stereocenters. The van der Waals surface area contributed by atoms with Gasteiger partial charge in [0, 0.05) is 11.5 Å². The van der Waals surface area contributed by atoms with Crippen molar-refractivity contribution in [3.8, 4) is 23.0 Å². The summed E-state index contributed by atoms with van der Waals surface area (Å²) in [5.74, 6) is -22.1. The molecule has 1 N–H and O–H groups in total. The summed E-state index contributed by atoms with van der Waals surface area (Å²) in [5.41, 5.74) is 0.302. The third kappa shape index (κ3) is 4.97. The number of fused-ring (bicyclic) bond motifs is 5. The van der Waals surface area contributed by atoms with Gasteiger partial charge in [-0.15, -0.1) is 23.2 Å². The van der Waals surface area contributed by atoms with E-state index in [1.807, 2.05) is 0 Å². The number of hydrogen-bond donors (Lipinski definition) is 1. The van der Waals surface area contributed by atoms with Crippen molar-refractivity contribution in [2.45, 2.75) is 28.5 Å². The molecule has 4 aromatic carbocycles. The molecular weight excluding hydrogens is 880 g/mol. The molecule has 3 heterocycles. The van der Waals surface area contributed by atoms with Crippen LogP contribution in [-0.4, -0.2) is 50.6 Å². The summed E-state index contributed by atoms with van der Waals surface area (Å²) in [4.78, 5) is 57.4. The zero-order chi connectivity index (χ0) is 41.3. The minimum absolute atomic E-state index is 0.00619. The monoisotopic (exact) mass is 901 g/mol. The van der Waals surface area contributed by atoms with Gasteiger partial charge in [-0.05, 0) is 88.8 Å². The summed E-state index contributed by atoms with van der Waals surface area (Å²) in [6.45, 7) is 0. The molecule has 2 aliphatic carbocycles. The minimum atomic E-state index is -2.76. The molecule has 4 amide bonds. The number of imide groups is 2. The van der Waals surface area contributed by atoms with Crippen molar-refractivity contribution in [3.05, 3.63) is 111 Å². The average Bonchev–Trinajstić information content (AvgIpc) is 3.81. The molecule has 18 heteroatoms. The number of aromatic nitrogens is 1. The van der Waals surface area contributed by atoms with Gasteiger partial charge in [0.1, 0.15) is 11.2 Å². The number of allylic oxidation sites excluding steroid dienone is 2. The number of anilines is 2. The second-order valence-corrected chi connectivity index (χ2v) is 16.4. The molecule has 1 saturated carbocycles. The Morgan fingerprint density at radius 3 is 2.17 bits per heavy atom. The highest BCUT2D eigenvalue weighted by Crippen LogP contribution is 2.66. The number of methoxy groups -OCH3 is 1. The van der Waals surface area contributed by atoms with Gasteiger partial charge in [0.2, 0.25) is 23.5 Å². The van der Waals surface area contributed by atoms with E-state index in [0.717, 1.165) is 4.90 Å². The second-order valence-electron chi connectivity index (χ2n) is 14.3. The van der Waals surface area contributed by atoms with E-state index in [1.54, 1.807) is 42.5 Å². The standard InChI is InChI=1S/C40H23BrCl2F5N3O7/c1-57-24-13-16(12-21(41)33(24)52)26-18-10-11-19-25(36(54)50(35(19)53)17-8-6-15(7-9-17)34-49-22-4-2-3-5-23(22)58-34)20(18)14-39(42)37(55)51(38(56)40(26,39)43)32-30(47)28(45)27(44)29(46)31(32)48/h2-10,12-13,19-20,25-26,52H,11,14H2,1H3. The molecule has 9 rings (SSSR count). The maximum Gasteiger partial charge on any atom is 0.258 e. The lowest BCUT2D eigenvalue weighted by molar-refractivity contribution is -0.125. The van der Waals surface area contributed by atoms with Crippen LogP contribution in [0.4, 0.5) is 33.3 Å². The molecule has 0 radical (unpaired) electrons. The molecule has 10 nitrogen and oxygen atoms in total. The zero-order valence-corrected chi connectivity index (χ0v) is 32.4. The van der Waals surface area contributed by atoms with Crippen molar-refractivity contribution in [3.63, 3.8) is 0 Å². The fourth-order valence-corrected chi connectivity index (χ4v) is 10.3. The largest absolute Gasteiger partial charge is 0.503 e. The highest BCUT2D eigenvalue weighted by molar-refractivity contribution is 9.10. The molecule has 58 heavy (non-hydrogen) atoms. The number of halogens is 8. The molecule has 0 bridgehead atoms. The van der Waals surface area contributed by atoms with Crippen LogP contribution in [0.3, 0.4) is 0 Å². The number of rotatable bonds is 5. The Morgan fingerprint density at radius 2 is 1.52 bits per heavy atom. The summed E-state index contributed by atoms with van der Waals surface area (Å²) in [6.07, 6.45) is 0.809. The number of amides is 4. The predicted octanol–water partition coefficient (Wildman–Crippen LogP) is 8.44. The fourth-order valence-electron chi connectivity index (χ4n) is 8.86. The molecular formula is C40H23BrCl2F5N3O7. The molecule has 6 unspecified atom stereocenters. The van der Waals surface area contributed by atoms with Gasteiger partial charge in [0.15, 0.2) is 50.1 Å². The Hall–Kier alpha value is -5.32. The first-order chi connectivity index (χ1) is 27.5. The van der Waals surface area contributed by atoms with E-state index >= 15 is 8.78 Å². The van der Waals surface area contributed by atoms with E-state index in [0.29, 0.717) is 22.6 Å². The van der Waals surface area contributed by atoms with Crippen molar-refractivity contribution >= 4 is 85.2 Å². The first-order valence-electron chi connectivity index (χ1n) is 17.4. The lowest BCUT2D eigenvalue weighted by Gasteiger charge is -2.50. The van der Waals surface area contributed by atoms with Crippen molar-refractivity contribution in [1.29, 1.82) is 0 Å². The molecule has 2 aliphatic heterocycles. The van der Waals surface area contributed by atoms with E-state index < -0.39 is 98.2 Å². The third-order valence-corrected chi connectivity index (χ3v) is 13.5. The number of hydrogen-bond acceptors (Lipinski definition) is 8. The number of oxazole rings is 1. The van der Waals surface area contributed by atoms with Crippen LogP contribution >= 0.6 is 39.1 Å². The summed E-state index contributed by atoms with van der Waals surface area (Å²) in [6, 6.07) is 16.0. The van der Waals surface area contributed by atoms with Crippen molar-refractivity contribution < 1.29 is 55.4 Å². The number of para-hydroxylation sites is 2. The number of alkyl halides is 2. The van der Waals surface area contributed by atoms with E-state index in [-0.39, 0.29) is 44.1 Å². The van der Waals surface area contributed by atoms with Gasteiger partial charge in [-0.3, -0.25) is 24.1 Å². The van der Waals surface area contributed by atoms with Crippen molar-refractivity contribution in [1.82, 2.24) is 4.98 Å². The quantitative estimate of drug-likeness (QED) is 0.0465. The Morgan fingerprint density at radius 1 is 0.862 bits per heavy atom. The minimum Gasteiger partial charge on any atom is -0.503 e. The number of benzene rings is 4. The Kier molecular flexibility index (Phi) is 8.63. The number of phenolic OH excluding ortho intramolecular Hbond substituents is 1. The number of ether oxygens (including phenoxy) is 1. The SMILES string of the molecule is COc1cc(C2C3=CCC4C(=O)N(c5ccc(-c6nc7ccccc7o6)cc5)C(=O)C4C3CC3(Cl)C(=O)N(c4c(F)c(F)c(F)c(F)c4F)C(=O)C23Cl)cc(Br)c1O. The van der Waals surface area contributed by atoms with Crippen LogP contribution in [0.15, 0.2) is 81.2 Å². The highest BCUT2D eigenvalue weighted by Gasteiger charge is 2.77. The number of carbonyl (C=O) groups is 4. The Bertz CT molecular complexity index is 2670. The van der Waals surface area contributed by atoms with E-state index in [2.05, 4.69) is 20.9 Å². The third-order valence-electron chi connectivity index (χ3n) is 11.5. The summed E-state index contributed by atoms with van der Waals surface area (Å²) in [7, 11) is 1.22. The van der Waals surface area contributed by atoms with E-state index in [4.69, 9.17) is 32.4 Å². The lowest BCUT2D eigenvalue weighted by atomic mass is 9.56. The first kappa shape index (κ1) is 38.2. The molecule has 4 aliphatic rings. The lowest BCUT2D eigenvalue weighted by Crippen LogP contribution is -2.60. The molecule has 0 spiro atoms. The fraction of sp³-hybridized carbons (Fsp3) is 0.225. The maximum absolute atomic E-state index is 15.4. The molecule has 3 fully saturated rings. The van der Waals surface area contributed by atoms with Crippen LogP contribution in [0, 0.1) is 46.8 Å². The van der Waals surface area contributed by atoms with Gasteiger partial charge in [-0.25, -0.2) is 31.8 Å². The molecule has 296 valence electrons. The smallest absolute Gasteiger partial charge is 0.258 e. The molecule has 1 aromatic heterocycles. The summed E-state index contributed by atoms with van der Waals surface area (Å²) < 4.78 is 85.2. The topological polar surface area (TPSA) is 130 Å². The molecule has 2 saturated heterocycles. The number of carbonyl (C=O) groups excluding carboxylic acids is 4. The normalized spacial score (nSPS) is 26.6. The van der Waals surface area contributed by atoms with Crippen LogP contribution in [0.2, 0.25) is 0 Å². The number of phenols is 1. The van der Waals surface area contributed by atoms with Gasteiger partial charge >= 0.3 is 0 Å². The Labute approximate surface area is 341 Å². The second kappa shape index (κ2) is 13.1. The van der Waals surface area contributed by atoms with Gasteiger partial charge < -0.3 is 14.3 Å². The summed E-state index contributed by atoms with van der Waals surface area (Å²) >= 11 is 17.6. The number of aromatic hydroxyl groups is 1. The van der Waals surface area contributed by atoms with Crippen LogP contribution in [-0.2, 0) is 19.2 Å². The highest BCUT2D eigenvalue weighted by atomic mass is 79.9. The predicted molar refractivity (Wildman–Crippen MR) is 201 cm³/mol. The van der Waals surface area contributed by atoms with Crippen LogP contribution < -0.4 is 14.5 Å². The van der Waals surface area contributed by atoms with Crippen molar-refractivity contribution in [2.24, 2.45) is 17.8 Å². The van der Waals surface area contributed by atoms with Gasteiger partial charge in [-0.2, -0.15) is 0 Å². The zero-order valence-electron chi connectivity index (χ0n) is 29.3. The van der Waals surface area contributed by atoms with Gasteiger partial charge in [-0.1, -0.05) is 23.8 Å². The van der Waals surface area contributed by atoms with Gasteiger partial charge in [0.25, 0.3) is 11.8 Å². The van der Waals surface area contributed by atoms with E-state index in [9.17, 15) is 37.5 Å². The van der Waals surface area contributed by atoms with Crippen molar-refractivity contribution in [2.75, 3.05) is 16.9 Å². The maximum atomic E-state index is 15.4. The average molecular weight is 903 g/mol. The summed E-state index contributed by atoms with van der Waals surface area (Å²) in [5, 5.41) is 10.7. The van der Waals surface area contributed by atoms with E-state index in [1.165, 1.54) is 31.4 Å². The Balaban J connectivity index is 1.16. The first-order valence-corrected chi connectivity index (χ1v) is 19.0. The van der Waals surface area contributed by atoms with Crippen LogP contribution in [0.1, 0.15) is 24.3 Å². The number of nitrogens with zero attached hydrogens (tertiary/aromatic N) is 3. The van der Waals surface area contributed by atoms with Crippen LogP contribution in [0.25, 0.3) is 22.6 Å². The van der Waals surface area contributed by atoms with Crippen LogP contribution in [0.5, 0.6) is 11.5 Å². The molecule has 5 aromatic rings.